The van der Waals surface area contributed by atoms with Gasteiger partial charge in [-0.05, 0) is 36.9 Å². The van der Waals surface area contributed by atoms with Crippen molar-refractivity contribution in [2.45, 2.75) is 12.8 Å². The molecule has 0 saturated heterocycles. The number of rotatable bonds is 7. The Morgan fingerprint density at radius 2 is 1.64 bits per heavy atom. The summed E-state index contributed by atoms with van der Waals surface area (Å²) in [6, 6.07) is 16.9. The second kappa shape index (κ2) is 10.5. The van der Waals surface area contributed by atoms with Crippen LogP contribution < -0.4 is 15.5 Å². The predicted molar refractivity (Wildman–Crippen MR) is 104 cm³/mol. The Bertz CT molecular complexity index is 675. The molecule has 0 aliphatic rings. The van der Waals surface area contributed by atoms with Gasteiger partial charge in [0.25, 0.3) is 0 Å². The number of hydrogen-bond acceptors (Lipinski definition) is 3. The Morgan fingerprint density at radius 3 is 2.24 bits per heavy atom. The number of para-hydroxylation sites is 1. The minimum absolute atomic E-state index is 0. The first-order valence-electron chi connectivity index (χ1n) is 7.95. The van der Waals surface area contributed by atoms with E-state index in [1.807, 2.05) is 61.6 Å². The Hall–Kier alpha value is -2.37. The summed E-state index contributed by atoms with van der Waals surface area (Å²) in [6.45, 7) is 0.643. The highest BCUT2D eigenvalue weighted by molar-refractivity contribution is 5.94. The number of carbonyl (C=O) groups is 2. The van der Waals surface area contributed by atoms with Crippen molar-refractivity contribution in [1.82, 2.24) is 5.32 Å². The maximum atomic E-state index is 12.3. The molecular formula is C19H24ClN3O2. The van der Waals surface area contributed by atoms with Gasteiger partial charge in [0.1, 0.15) is 0 Å². The molecule has 25 heavy (non-hydrogen) atoms. The largest absolute Gasteiger partial charge is 0.326 e. The second-order valence-electron chi connectivity index (χ2n) is 5.56. The summed E-state index contributed by atoms with van der Waals surface area (Å²) in [7, 11) is 3.58. The molecule has 2 rings (SSSR count). The summed E-state index contributed by atoms with van der Waals surface area (Å²) >= 11 is 0. The van der Waals surface area contributed by atoms with E-state index < -0.39 is 0 Å². The van der Waals surface area contributed by atoms with E-state index in [4.69, 9.17) is 0 Å². The molecule has 0 aliphatic carbocycles. The van der Waals surface area contributed by atoms with Crippen molar-refractivity contribution < 1.29 is 9.59 Å². The van der Waals surface area contributed by atoms with Gasteiger partial charge in [0.05, 0.1) is 6.42 Å². The molecule has 0 spiro atoms. The number of benzene rings is 2. The van der Waals surface area contributed by atoms with Crippen LogP contribution in [0.2, 0.25) is 0 Å². The molecule has 2 amide bonds. The highest BCUT2D eigenvalue weighted by Crippen LogP contribution is 2.15. The number of amides is 2. The lowest BCUT2D eigenvalue weighted by molar-refractivity contribution is -0.118. The van der Waals surface area contributed by atoms with E-state index in [0.29, 0.717) is 19.4 Å². The van der Waals surface area contributed by atoms with Crippen molar-refractivity contribution in [2.24, 2.45) is 0 Å². The maximum Gasteiger partial charge on any atom is 0.231 e. The summed E-state index contributed by atoms with van der Waals surface area (Å²) in [5, 5.41) is 5.77. The van der Waals surface area contributed by atoms with E-state index in [1.165, 1.54) is 0 Å². The van der Waals surface area contributed by atoms with Gasteiger partial charge in [0.2, 0.25) is 11.8 Å². The van der Waals surface area contributed by atoms with Crippen LogP contribution in [-0.2, 0) is 16.0 Å². The van der Waals surface area contributed by atoms with Crippen LogP contribution in [0.15, 0.2) is 54.6 Å². The van der Waals surface area contributed by atoms with E-state index in [9.17, 15) is 9.59 Å². The van der Waals surface area contributed by atoms with Crippen LogP contribution in [0.1, 0.15) is 12.0 Å². The number of halogens is 1. The van der Waals surface area contributed by atoms with Crippen molar-refractivity contribution in [3.63, 3.8) is 0 Å². The quantitative estimate of drug-likeness (QED) is 0.797. The second-order valence-corrected chi connectivity index (χ2v) is 5.56. The van der Waals surface area contributed by atoms with Crippen LogP contribution in [0.3, 0.4) is 0 Å². The van der Waals surface area contributed by atoms with Crippen molar-refractivity contribution in [3.8, 4) is 0 Å². The molecule has 0 atom stereocenters. The molecule has 2 aromatic rings. The van der Waals surface area contributed by atoms with Gasteiger partial charge in [-0.15, -0.1) is 12.4 Å². The zero-order chi connectivity index (χ0) is 17.4. The number of nitrogens with zero attached hydrogens (tertiary/aromatic N) is 1. The highest BCUT2D eigenvalue weighted by atomic mass is 35.5. The smallest absolute Gasteiger partial charge is 0.231 e. The maximum absolute atomic E-state index is 12.3. The van der Waals surface area contributed by atoms with Crippen LogP contribution in [0, 0.1) is 0 Å². The molecule has 2 N–H and O–H groups in total. The van der Waals surface area contributed by atoms with Crippen LogP contribution in [0.25, 0.3) is 0 Å². The summed E-state index contributed by atoms with van der Waals surface area (Å²) in [6.07, 6.45) is 0.748. The number of carbonyl (C=O) groups excluding carboxylic acids is 2. The highest BCUT2D eigenvalue weighted by Gasteiger charge is 2.11. The lowest BCUT2D eigenvalue weighted by Crippen LogP contribution is -2.27. The van der Waals surface area contributed by atoms with Crippen LogP contribution in [0.4, 0.5) is 11.4 Å². The minimum Gasteiger partial charge on any atom is -0.326 e. The zero-order valence-corrected chi connectivity index (χ0v) is 15.3. The molecule has 0 bridgehead atoms. The molecule has 5 nitrogen and oxygen atoms in total. The molecule has 0 heterocycles. The fourth-order valence-corrected chi connectivity index (χ4v) is 2.26. The topological polar surface area (TPSA) is 61.4 Å². The fourth-order valence-electron chi connectivity index (χ4n) is 2.26. The summed E-state index contributed by atoms with van der Waals surface area (Å²) in [5.41, 5.74) is 2.52. The average Bonchev–Trinajstić information content (AvgIpc) is 2.61. The monoisotopic (exact) mass is 361 g/mol. The third-order valence-corrected chi connectivity index (χ3v) is 3.71. The lowest BCUT2D eigenvalue weighted by Gasteiger charge is -2.17. The summed E-state index contributed by atoms with van der Waals surface area (Å²) in [4.78, 5) is 25.7. The number of nitrogens with one attached hydrogen (secondary N) is 2. The van der Waals surface area contributed by atoms with Gasteiger partial charge in [-0.25, -0.2) is 0 Å². The normalized spacial score (nSPS) is 9.84. The first-order chi connectivity index (χ1) is 11.6. The SMILES string of the molecule is CNCCC(=O)Nc1ccc(CC(=O)N(C)c2ccccc2)cc1.Cl. The lowest BCUT2D eigenvalue weighted by atomic mass is 10.1. The molecule has 0 fully saturated rings. The molecule has 0 saturated carbocycles. The summed E-state index contributed by atoms with van der Waals surface area (Å²) < 4.78 is 0. The fraction of sp³-hybridized carbons (Fsp3) is 0.263. The Kier molecular flexibility index (Phi) is 8.67. The van der Waals surface area contributed by atoms with E-state index in [2.05, 4.69) is 10.6 Å². The van der Waals surface area contributed by atoms with Crippen molar-refractivity contribution >= 4 is 35.6 Å². The van der Waals surface area contributed by atoms with Gasteiger partial charge < -0.3 is 15.5 Å². The molecule has 134 valence electrons. The van der Waals surface area contributed by atoms with Crippen LogP contribution in [-0.4, -0.2) is 32.5 Å². The molecular weight excluding hydrogens is 338 g/mol. The van der Waals surface area contributed by atoms with Crippen molar-refractivity contribution in [1.29, 1.82) is 0 Å². The minimum atomic E-state index is -0.0306. The first kappa shape index (κ1) is 20.7. The van der Waals surface area contributed by atoms with E-state index >= 15 is 0 Å². The standard InChI is InChI=1S/C19H23N3O2.ClH/c1-20-13-12-18(23)21-16-10-8-15(9-11-16)14-19(24)22(2)17-6-4-3-5-7-17;/h3-11,20H,12-14H2,1-2H3,(H,21,23);1H. The molecule has 0 unspecified atom stereocenters. The molecule has 0 aromatic heterocycles. The third-order valence-electron chi connectivity index (χ3n) is 3.71. The summed E-state index contributed by atoms with van der Waals surface area (Å²) in [5.74, 6) is -0.0102. The molecule has 0 radical (unpaired) electrons. The van der Waals surface area contributed by atoms with Gasteiger partial charge in [0, 0.05) is 31.4 Å². The van der Waals surface area contributed by atoms with Gasteiger partial charge in [-0.2, -0.15) is 0 Å². The Labute approximate surface area is 154 Å². The van der Waals surface area contributed by atoms with Gasteiger partial charge in [-0.1, -0.05) is 30.3 Å². The van der Waals surface area contributed by atoms with E-state index in [1.54, 1.807) is 11.9 Å². The van der Waals surface area contributed by atoms with Crippen LogP contribution in [0.5, 0.6) is 0 Å². The molecule has 6 heteroatoms. The van der Waals surface area contributed by atoms with Crippen molar-refractivity contribution in [3.05, 3.63) is 60.2 Å². The van der Waals surface area contributed by atoms with Gasteiger partial charge in [0.15, 0.2) is 0 Å². The van der Waals surface area contributed by atoms with E-state index in [-0.39, 0.29) is 24.2 Å². The number of hydrogen-bond donors (Lipinski definition) is 2. The van der Waals surface area contributed by atoms with E-state index in [0.717, 1.165) is 16.9 Å². The zero-order valence-electron chi connectivity index (χ0n) is 14.5. The van der Waals surface area contributed by atoms with Crippen molar-refractivity contribution in [2.75, 3.05) is 30.9 Å². The number of anilines is 2. The number of likely N-dealkylation sites (N-methyl/N-ethyl adjacent to an activating group) is 1. The third kappa shape index (κ3) is 6.57. The Balaban J connectivity index is 0.00000312. The Morgan fingerprint density at radius 1 is 1.00 bits per heavy atom. The molecule has 0 aliphatic heterocycles. The first-order valence-corrected chi connectivity index (χ1v) is 7.95. The van der Waals surface area contributed by atoms with Gasteiger partial charge in [-0.3, -0.25) is 9.59 Å². The predicted octanol–water partition coefficient (Wildman–Crippen LogP) is 2.86. The van der Waals surface area contributed by atoms with Crippen LogP contribution >= 0.6 is 12.4 Å². The van der Waals surface area contributed by atoms with Gasteiger partial charge >= 0.3 is 0 Å². The average molecular weight is 362 g/mol. The molecule has 2 aromatic carbocycles.